The summed E-state index contributed by atoms with van der Waals surface area (Å²) in [6.45, 7) is 1.57. The molecule has 1 aliphatic heterocycles. The molecule has 0 saturated carbocycles. The third-order valence-electron chi connectivity index (χ3n) is 1.28. The van der Waals surface area contributed by atoms with Crippen LogP contribution in [-0.4, -0.2) is 30.5 Å². The van der Waals surface area contributed by atoms with E-state index in [1.807, 2.05) is 0 Å². The van der Waals surface area contributed by atoms with Crippen molar-refractivity contribution in [3.05, 3.63) is 11.8 Å². The molecule has 3 N–H and O–H groups in total. The molecule has 0 aromatic heterocycles. The fourth-order valence-corrected chi connectivity index (χ4v) is 0.844. The molecule has 1 aliphatic rings. The zero-order chi connectivity index (χ0) is 7.40. The third kappa shape index (κ3) is 2.39. The van der Waals surface area contributed by atoms with Crippen LogP contribution >= 0.6 is 0 Å². The third-order valence-corrected chi connectivity index (χ3v) is 1.28. The summed E-state index contributed by atoms with van der Waals surface area (Å²) in [7, 11) is -1.68. The summed E-state index contributed by atoms with van der Waals surface area (Å²) in [5.74, 6) is 0.647. The number of rotatable bonds is 2. The van der Waals surface area contributed by atoms with Crippen LogP contribution in [0.25, 0.3) is 0 Å². The van der Waals surface area contributed by atoms with E-state index in [0.717, 1.165) is 19.5 Å². The first-order chi connectivity index (χ1) is 4.79. The Balaban J connectivity index is 2.31. The maximum absolute atomic E-state index is 8.38. The summed E-state index contributed by atoms with van der Waals surface area (Å²) in [5, 5.41) is 19.8. The summed E-state index contributed by atoms with van der Waals surface area (Å²) in [4.78, 5) is 0. The molecule has 1 rings (SSSR count). The second-order valence-electron chi connectivity index (χ2n) is 2.07. The second-order valence-corrected chi connectivity index (χ2v) is 2.07. The van der Waals surface area contributed by atoms with Gasteiger partial charge in [-0.2, -0.15) is 0 Å². The van der Waals surface area contributed by atoms with Gasteiger partial charge in [0.2, 0.25) is 0 Å². The van der Waals surface area contributed by atoms with Crippen LogP contribution in [0.15, 0.2) is 11.8 Å². The number of hydrogen-bond acceptors (Lipinski definition) is 4. The van der Waals surface area contributed by atoms with E-state index in [1.54, 1.807) is 6.08 Å². The lowest BCUT2D eigenvalue weighted by Gasteiger charge is -2.14. The number of hydrogen-bond donors (Lipinski definition) is 3. The van der Waals surface area contributed by atoms with Gasteiger partial charge in [0.15, 0.2) is 0 Å². The van der Waals surface area contributed by atoms with Crippen molar-refractivity contribution in [1.29, 1.82) is 0 Å². The van der Waals surface area contributed by atoms with Crippen LogP contribution in [0, 0.1) is 0 Å². The van der Waals surface area contributed by atoms with E-state index in [-0.39, 0.29) is 0 Å². The molecule has 0 saturated heterocycles. The van der Waals surface area contributed by atoms with Gasteiger partial charge in [0.25, 0.3) is 0 Å². The van der Waals surface area contributed by atoms with Crippen LogP contribution in [-0.2, 0) is 4.65 Å². The maximum atomic E-state index is 8.38. The summed E-state index contributed by atoms with van der Waals surface area (Å²) >= 11 is 0. The predicted octanol–water partition coefficient (Wildman–Crippen LogP) is -1.15. The van der Waals surface area contributed by atoms with E-state index >= 15 is 0 Å². The maximum Gasteiger partial charge on any atom is 0.707 e. The van der Waals surface area contributed by atoms with E-state index in [9.17, 15) is 0 Å². The predicted molar refractivity (Wildman–Crippen MR) is 36.8 cm³/mol. The molecule has 0 fully saturated rings. The molecular weight excluding hydrogens is 133 g/mol. The van der Waals surface area contributed by atoms with E-state index in [1.165, 1.54) is 0 Å². The Hall–Kier alpha value is -0.515. The van der Waals surface area contributed by atoms with Crippen LogP contribution in [0.2, 0.25) is 0 Å². The van der Waals surface area contributed by atoms with Gasteiger partial charge < -0.3 is 20.0 Å². The van der Waals surface area contributed by atoms with Crippen molar-refractivity contribution in [2.45, 2.75) is 6.42 Å². The second kappa shape index (κ2) is 3.60. The molecule has 56 valence electrons. The molecule has 0 aromatic carbocycles. The molecule has 4 nitrogen and oxygen atoms in total. The standard InChI is InChI=1S/C5H10BNO3/c8-6(9)10-5-1-3-7-4-2-5/h1,7-9H,2-4H2. The molecule has 0 aromatic rings. The van der Waals surface area contributed by atoms with Crippen LogP contribution in [0.3, 0.4) is 0 Å². The lowest BCUT2D eigenvalue weighted by atomic mass is 10.2. The number of nitrogens with one attached hydrogen (secondary N) is 1. The van der Waals surface area contributed by atoms with E-state index < -0.39 is 7.32 Å². The van der Waals surface area contributed by atoms with Crippen LogP contribution in [0.1, 0.15) is 6.42 Å². The molecule has 5 heteroatoms. The van der Waals surface area contributed by atoms with Crippen LogP contribution < -0.4 is 5.32 Å². The van der Waals surface area contributed by atoms with Gasteiger partial charge in [-0.15, -0.1) is 0 Å². The Kier molecular flexibility index (Phi) is 2.74. The van der Waals surface area contributed by atoms with Gasteiger partial charge in [0.1, 0.15) is 0 Å². The van der Waals surface area contributed by atoms with Crippen LogP contribution in [0.4, 0.5) is 0 Å². The van der Waals surface area contributed by atoms with Gasteiger partial charge in [-0.05, 0) is 6.08 Å². The van der Waals surface area contributed by atoms with Crippen molar-refractivity contribution in [3.63, 3.8) is 0 Å². The molecule has 0 unspecified atom stereocenters. The average Bonchev–Trinajstić information content (AvgIpc) is 1.88. The SMILES string of the molecule is OB(O)OC1=CCNCC1. The molecule has 0 atom stereocenters. The van der Waals surface area contributed by atoms with Crippen molar-refractivity contribution in [2.75, 3.05) is 13.1 Å². The van der Waals surface area contributed by atoms with Crippen molar-refractivity contribution in [3.8, 4) is 0 Å². The average molecular weight is 143 g/mol. The van der Waals surface area contributed by atoms with Gasteiger partial charge in [-0.1, -0.05) is 0 Å². The Labute approximate surface area is 59.7 Å². The monoisotopic (exact) mass is 143 g/mol. The first-order valence-corrected chi connectivity index (χ1v) is 3.21. The highest BCUT2D eigenvalue weighted by molar-refractivity contribution is 6.33. The molecule has 10 heavy (non-hydrogen) atoms. The lowest BCUT2D eigenvalue weighted by molar-refractivity contribution is 0.227. The van der Waals surface area contributed by atoms with Crippen molar-refractivity contribution < 1.29 is 14.7 Å². The largest absolute Gasteiger partial charge is 0.707 e. The van der Waals surface area contributed by atoms with E-state index in [2.05, 4.69) is 9.97 Å². The van der Waals surface area contributed by atoms with Gasteiger partial charge in [0, 0.05) is 19.5 Å². The zero-order valence-corrected chi connectivity index (χ0v) is 5.58. The topological polar surface area (TPSA) is 61.7 Å². The molecule has 1 heterocycles. The summed E-state index contributed by atoms with van der Waals surface area (Å²) < 4.78 is 4.62. The van der Waals surface area contributed by atoms with Crippen molar-refractivity contribution in [2.24, 2.45) is 0 Å². The highest BCUT2D eigenvalue weighted by atomic mass is 16.6. The Bertz CT molecular complexity index is 137. The summed E-state index contributed by atoms with van der Waals surface area (Å²) in [6.07, 6.45) is 2.51. The minimum Gasteiger partial charge on any atom is -0.516 e. The van der Waals surface area contributed by atoms with Gasteiger partial charge in [-0.25, -0.2) is 0 Å². The fraction of sp³-hybridized carbons (Fsp3) is 0.600. The lowest BCUT2D eigenvalue weighted by Crippen LogP contribution is -2.25. The molecule has 0 bridgehead atoms. The minimum absolute atomic E-state index is 0.647. The fourth-order valence-electron chi connectivity index (χ4n) is 0.844. The molecular formula is C5H10BNO3. The quantitative estimate of drug-likeness (QED) is 0.427. The van der Waals surface area contributed by atoms with Crippen LogP contribution in [0.5, 0.6) is 0 Å². The molecule has 0 amide bonds. The zero-order valence-electron chi connectivity index (χ0n) is 5.58. The van der Waals surface area contributed by atoms with Crippen molar-refractivity contribution in [1.82, 2.24) is 5.32 Å². The minimum atomic E-state index is -1.68. The van der Waals surface area contributed by atoms with Gasteiger partial charge in [-0.3, -0.25) is 0 Å². The summed E-state index contributed by atoms with van der Waals surface area (Å²) in [6, 6.07) is 0. The van der Waals surface area contributed by atoms with E-state index in [4.69, 9.17) is 10.0 Å². The Morgan fingerprint density at radius 1 is 1.60 bits per heavy atom. The van der Waals surface area contributed by atoms with Gasteiger partial charge in [0.05, 0.1) is 5.76 Å². The normalized spacial score (nSPS) is 18.0. The highest BCUT2D eigenvalue weighted by Crippen LogP contribution is 2.05. The Morgan fingerprint density at radius 3 is 2.90 bits per heavy atom. The van der Waals surface area contributed by atoms with Crippen molar-refractivity contribution >= 4 is 7.32 Å². The van der Waals surface area contributed by atoms with E-state index in [0.29, 0.717) is 5.76 Å². The van der Waals surface area contributed by atoms with Gasteiger partial charge >= 0.3 is 7.32 Å². The molecule has 0 radical (unpaired) electrons. The smallest absolute Gasteiger partial charge is 0.516 e. The molecule has 0 aliphatic carbocycles. The Morgan fingerprint density at radius 2 is 2.40 bits per heavy atom. The highest BCUT2D eigenvalue weighted by Gasteiger charge is 2.13. The first kappa shape index (κ1) is 7.59. The first-order valence-electron chi connectivity index (χ1n) is 3.21. The summed E-state index contributed by atoms with van der Waals surface area (Å²) in [5.41, 5.74) is 0. The molecule has 0 spiro atoms.